The Morgan fingerprint density at radius 1 is 1.04 bits per heavy atom. The normalized spacial score (nSPS) is 14.9. The molecule has 1 aromatic rings. The maximum Gasteiger partial charge on any atom is 0.311 e. The number of ether oxygens (including phenoxy) is 1. The van der Waals surface area contributed by atoms with Crippen LogP contribution in [0.2, 0.25) is 0 Å². The molecule has 0 aromatic heterocycles. The Hall–Kier alpha value is -1.40. The topological polar surface area (TPSA) is 69.7 Å². The fourth-order valence-electron chi connectivity index (χ4n) is 2.25. The largest absolute Gasteiger partial charge is 0.465 e. The molecule has 5 nitrogen and oxygen atoms in total. The third-order valence-corrected chi connectivity index (χ3v) is 5.88. The summed E-state index contributed by atoms with van der Waals surface area (Å²) in [5.41, 5.74) is 0.379. The van der Waals surface area contributed by atoms with E-state index in [4.69, 9.17) is 8.92 Å². The molecule has 0 bridgehead atoms. The molecule has 2 atom stereocenters. The van der Waals surface area contributed by atoms with Crippen LogP contribution in [0.15, 0.2) is 29.2 Å². The highest BCUT2D eigenvalue weighted by atomic mass is 32.2. The second-order valence-electron chi connectivity index (χ2n) is 8.26. The van der Waals surface area contributed by atoms with Gasteiger partial charge >= 0.3 is 5.97 Å². The minimum Gasteiger partial charge on any atom is -0.465 e. The van der Waals surface area contributed by atoms with Crippen LogP contribution in [-0.4, -0.2) is 27.6 Å². The Morgan fingerprint density at radius 3 is 2.04 bits per heavy atom. The van der Waals surface area contributed by atoms with Gasteiger partial charge in [-0.05, 0) is 51.7 Å². The maximum atomic E-state index is 12.4. The number of benzene rings is 1. The quantitative estimate of drug-likeness (QED) is 0.496. The van der Waals surface area contributed by atoms with Crippen LogP contribution in [0, 0.1) is 30.1 Å². The summed E-state index contributed by atoms with van der Waals surface area (Å²) in [6.45, 7) is 13.5. The molecule has 26 heavy (non-hydrogen) atoms. The van der Waals surface area contributed by atoms with Gasteiger partial charge in [-0.2, -0.15) is 8.42 Å². The van der Waals surface area contributed by atoms with Crippen LogP contribution in [0.1, 0.15) is 47.1 Å². The summed E-state index contributed by atoms with van der Waals surface area (Å²) in [5.74, 6) is -0.0728. The lowest BCUT2D eigenvalue weighted by Crippen LogP contribution is -2.32. The van der Waals surface area contributed by atoms with Crippen molar-refractivity contribution in [2.24, 2.45) is 23.2 Å². The molecule has 0 saturated carbocycles. The Balaban J connectivity index is 2.82. The molecule has 0 fully saturated rings. The molecule has 0 unspecified atom stereocenters. The first kappa shape index (κ1) is 22.6. The minimum absolute atomic E-state index is 0.0209. The summed E-state index contributed by atoms with van der Waals surface area (Å²) < 4.78 is 35.5. The van der Waals surface area contributed by atoms with Crippen molar-refractivity contribution in [2.45, 2.75) is 53.4 Å². The van der Waals surface area contributed by atoms with E-state index in [2.05, 4.69) is 13.8 Å². The Labute approximate surface area is 158 Å². The maximum absolute atomic E-state index is 12.4. The first-order chi connectivity index (χ1) is 11.8. The van der Waals surface area contributed by atoms with Crippen molar-refractivity contribution in [3.63, 3.8) is 0 Å². The van der Waals surface area contributed by atoms with E-state index >= 15 is 0 Å². The molecule has 1 rings (SSSR count). The van der Waals surface area contributed by atoms with E-state index in [0.29, 0.717) is 5.92 Å². The van der Waals surface area contributed by atoms with Gasteiger partial charge in [-0.3, -0.25) is 8.98 Å². The van der Waals surface area contributed by atoms with E-state index in [1.807, 2.05) is 13.8 Å². The number of hydrogen-bond donors (Lipinski definition) is 0. The zero-order valence-electron chi connectivity index (χ0n) is 16.9. The Morgan fingerprint density at radius 2 is 1.58 bits per heavy atom. The van der Waals surface area contributed by atoms with E-state index in [1.165, 1.54) is 12.1 Å². The molecule has 148 valence electrons. The van der Waals surface area contributed by atoms with E-state index in [1.54, 1.807) is 32.9 Å². The smallest absolute Gasteiger partial charge is 0.311 e. The average molecular weight is 385 g/mol. The van der Waals surface area contributed by atoms with Crippen LogP contribution >= 0.6 is 0 Å². The Bertz CT molecular complexity index is 684. The molecule has 0 saturated heterocycles. The molecule has 0 aliphatic carbocycles. The first-order valence-corrected chi connectivity index (χ1v) is 10.4. The summed E-state index contributed by atoms with van der Waals surface area (Å²) >= 11 is 0. The average Bonchev–Trinajstić information content (AvgIpc) is 2.53. The van der Waals surface area contributed by atoms with Gasteiger partial charge in [-0.1, -0.05) is 38.5 Å². The van der Waals surface area contributed by atoms with Crippen molar-refractivity contribution in [3.8, 4) is 0 Å². The highest BCUT2D eigenvalue weighted by Crippen LogP contribution is 2.25. The summed E-state index contributed by atoms with van der Waals surface area (Å²) in [7, 11) is -3.84. The van der Waals surface area contributed by atoms with Gasteiger partial charge in [-0.15, -0.1) is 0 Å². The van der Waals surface area contributed by atoms with Gasteiger partial charge < -0.3 is 4.74 Å². The van der Waals surface area contributed by atoms with E-state index in [-0.39, 0.29) is 35.9 Å². The van der Waals surface area contributed by atoms with Gasteiger partial charge in [0.2, 0.25) is 0 Å². The highest BCUT2D eigenvalue weighted by Gasteiger charge is 2.28. The van der Waals surface area contributed by atoms with Crippen molar-refractivity contribution in [1.29, 1.82) is 0 Å². The predicted octanol–water partition coefficient (Wildman–Crippen LogP) is 4.20. The zero-order chi connectivity index (χ0) is 20.1. The number of rotatable bonds is 8. The standard InChI is InChI=1S/C20H32O5S/c1-14(2)16(4)17(12-24-19(21)20(5,6)7)13-25-26(22,23)18-10-8-15(3)9-11-18/h8-11,14,16-17H,12-13H2,1-7H3/t16-,17-/m0/s1. The van der Waals surface area contributed by atoms with Gasteiger partial charge in [-0.25, -0.2) is 0 Å². The number of hydrogen-bond acceptors (Lipinski definition) is 5. The lowest BCUT2D eigenvalue weighted by Gasteiger charge is -2.27. The zero-order valence-corrected chi connectivity index (χ0v) is 17.7. The second-order valence-corrected chi connectivity index (χ2v) is 9.88. The molecular weight excluding hydrogens is 352 g/mol. The molecule has 0 aliphatic heterocycles. The first-order valence-electron chi connectivity index (χ1n) is 8.98. The number of carbonyl (C=O) groups excluding carboxylic acids is 1. The number of aryl methyl sites for hydroxylation is 1. The molecule has 0 radical (unpaired) electrons. The van der Waals surface area contributed by atoms with Gasteiger partial charge in [0, 0.05) is 5.92 Å². The second kappa shape index (κ2) is 9.00. The molecular formula is C20H32O5S. The van der Waals surface area contributed by atoms with Crippen molar-refractivity contribution in [3.05, 3.63) is 29.8 Å². The van der Waals surface area contributed by atoms with Gasteiger partial charge in [0.05, 0.1) is 23.5 Å². The molecule has 0 heterocycles. The van der Waals surface area contributed by atoms with Crippen LogP contribution < -0.4 is 0 Å². The molecule has 0 spiro atoms. The molecule has 1 aromatic carbocycles. The number of esters is 1. The van der Waals surface area contributed by atoms with Crippen LogP contribution in [0.3, 0.4) is 0 Å². The third-order valence-electron chi connectivity index (χ3n) is 4.58. The van der Waals surface area contributed by atoms with Gasteiger partial charge in [0.25, 0.3) is 10.1 Å². The molecule has 0 amide bonds. The third kappa shape index (κ3) is 6.72. The Kier molecular flexibility index (Phi) is 7.84. The van der Waals surface area contributed by atoms with Crippen LogP contribution in [0.4, 0.5) is 0 Å². The lowest BCUT2D eigenvalue weighted by atomic mass is 9.86. The van der Waals surface area contributed by atoms with E-state index in [9.17, 15) is 13.2 Å². The van der Waals surface area contributed by atoms with Crippen molar-refractivity contribution in [1.82, 2.24) is 0 Å². The van der Waals surface area contributed by atoms with Crippen LogP contribution in [-0.2, 0) is 23.8 Å². The fourth-order valence-corrected chi connectivity index (χ4v) is 3.20. The van der Waals surface area contributed by atoms with Gasteiger partial charge in [0.15, 0.2) is 0 Å². The van der Waals surface area contributed by atoms with Crippen molar-refractivity contribution >= 4 is 16.1 Å². The molecule has 6 heteroatoms. The monoisotopic (exact) mass is 384 g/mol. The van der Waals surface area contributed by atoms with Crippen LogP contribution in [0.5, 0.6) is 0 Å². The summed E-state index contributed by atoms with van der Waals surface area (Å²) in [6, 6.07) is 6.53. The summed E-state index contributed by atoms with van der Waals surface area (Å²) in [4.78, 5) is 12.2. The molecule has 0 aliphatic rings. The summed E-state index contributed by atoms with van der Waals surface area (Å²) in [5, 5.41) is 0. The lowest BCUT2D eigenvalue weighted by molar-refractivity contribution is -0.155. The highest BCUT2D eigenvalue weighted by molar-refractivity contribution is 7.86. The molecule has 0 N–H and O–H groups in total. The van der Waals surface area contributed by atoms with Crippen molar-refractivity contribution in [2.75, 3.05) is 13.2 Å². The summed E-state index contributed by atoms with van der Waals surface area (Å²) in [6.07, 6.45) is 0. The number of carbonyl (C=O) groups is 1. The van der Waals surface area contributed by atoms with Crippen molar-refractivity contribution < 1.29 is 22.1 Å². The van der Waals surface area contributed by atoms with E-state index in [0.717, 1.165) is 5.56 Å². The van der Waals surface area contributed by atoms with Gasteiger partial charge in [0.1, 0.15) is 0 Å². The SMILES string of the molecule is Cc1ccc(S(=O)(=O)OC[C@H](COC(=O)C(C)(C)C)[C@@H](C)C(C)C)cc1. The predicted molar refractivity (Wildman–Crippen MR) is 102 cm³/mol. The van der Waals surface area contributed by atoms with Crippen LogP contribution in [0.25, 0.3) is 0 Å². The fraction of sp³-hybridized carbons (Fsp3) is 0.650. The van der Waals surface area contributed by atoms with E-state index < -0.39 is 15.5 Å². The minimum atomic E-state index is -3.84.